The van der Waals surface area contributed by atoms with E-state index in [0.29, 0.717) is 5.00 Å². The van der Waals surface area contributed by atoms with E-state index in [1.165, 1.54) is 21.6 Å². The van der Waals surface area contributed by atoms with Crippen molar-refractivity contribution in [3.63, 3.8) is 0 Å². The zero-order chi connectivity index (χ0) is 13.7. The van der Waals surface area contributed by atoms with Crippen molar-refractivity contribution in [3.05, 3.63) is 39.8 Å². The average Bonchev–Trinajstić information content (AvgIpc) is 2.83. The number of fused-ring (bicyclic) bond motifs is 3. The summed E-state index contributed by atoms with van der Waals surface area (Å²) in [5, 5.41) is 0.677. The summed E-state index contributed by atoms with van der Waals surface area (Å²) in [6, 6.07) is 6.46. The van der Waals surface area contributed by atoms with Crippen LogP contribution in [0.3, 0.4) is 0 Å². The van der Waals surface area contributed by atoms with E-state index >= 15 is 0 Å². The van der Waals surface area contributed by atoms with E-state index in [2.05, 4.69) is 25.1 Å². The van der Waals surface area contributed by atoms with E-state index in [1.807, 2.05) is 13.8 Å². The van der Waals surface area contributed by atoms with Crippen LogP contribution in [0, 0.1) is 12.8 Å². The Bertz CT molecular complexity index is 682. The van der Waals surface area contributed by atoms with Crippen LogP contribution >= 0.6 is 11.3 Å². The molecule has 2 nitrogen and oxygen atoms in total. The lowest BCUT2D eigenvalue weighted by atomic mass is 9.95. The molecule has 3 heteroatoms. The average molecular weight is 271 g/mol. The Labute approximate surface area is 117 Å². The van der Waals surface area contributed by atoms with E-state index in [0.717, 1.165) is 17.5 Å². The number of hydrogen-bond acceptors (Lipinski definition) is 3. The Morgan fingerprint density at radius 2 is 2.11 bits per heavy atom. The molecule has 0 radical (unpaired) electrons. The Hall–Kier alpha value is -1.61. The number of ketones is 1. The van der Waals surface area contributed by atoms with Gasteiger partial charge < -0.3 is 5.73 Å². The molecule has 1 aromatic heterocycles. The molecule has 0 saturated carbocycles. The third-order valence-corrected chi connectivity index (χ3v) is 4.68. The van der Waals surface area contributed by atoms with Crippen LogP contribution in [0.4, 0.5) is 5.00 Å². The first-order valence-electron chi connectivity index (χ1n) is 6.54. The molecule has 1 heterocycles. The summed E-state index contributed by atoms with van der Waals surface area (Å²) >= 11 is 1.57. The Morgan fingerprint density at radius 1 is 1.37 bits per heavy atom. The summed E-state index contributed by atoms with van der Waals surface area (Å²) in [5.74, 6) is 0.138. The highest BCUT2D eigenvalue weighted by Gasteiger charge is 2.30. The van der Waals surface area contributed by atoms with E-state index < -0.39 is 0 Å². The molecule has 19 heavy (non-hydrogen) atoms. The van der Waals surface area contributed by atoms with Crippen LogP contribution in [0.2, 0.25) is 0 Å². The number of thiophene rings is 1. The van der Waals surface area contributed by atoms with Gasteiger partial charge in [-0.2, -0.15) is 0 Å². The fourth-order valence-corrected chi connectivity index (χ4v) is 3.80. The van der Waals surface area contributed by atoms with E-state index in [9.17, 15) is 4.79 Å². The molecule has 1 aliphatic rings. The third-order valence-electron chi connectivity index (χ3n) is 3.66. The number of hydrogen-bond donors (Lipinski definition) is 1. The van der Waals surface area contributed by atoms with Crippen LogP contribution in [0.25, 0.3) is 11.1 Å². The van der Waals surface area contributed by atoms with Crippen LogP contribution in [0.1, 0.15) is 40.2 Å². The van der Waals surface area contributed by atoms with Crippen molar-refractivity contribution in [2.75, 3.05) is 5.73 Å². The molecular formula is C16H17NOS. The van der Waals surface area contributed by atoms with Crippen molar-refractivity contribution < 1.29 is 4.79 Å². The first-order valence-corrected chi connectivity index (χ1v) is 7.36. The van der Waals surface area contributed by atoms with Gasteiger partial charge in [-0.1, -0.05) is 37.6 Å². The van der Waals surface area contributed by atoms with Gasteiger partial charge in [-0.25, -0.2) is 0 Å². The first-order chi connectivity index (χ1) is 8.99. The predicted octanol–water partition coefficient (Wildman–Crippen LogP) is 4.05. The molecule has 98 valence electrons. The lowest BCUT2D eigenvalue weighted by Crippen LogP contribution is -2.09. The summed E-state index contributed by atoms with van der Waals surface area (Å²) in [5.41, 5.74) is 11.7. The molecule has 0 saturated heterocycles. The molecule has 0 spiro atoms. The van der Waals surface area contributed by atoms with Crippen LogP contribution in [-0.4, -0.2) is 5.78 Å². The van der Waals surface area contributed by atoms with Crippen molar-refractivity contribution >= 4 is 22.1 Å². The molecule has 0 unspecified atom stereocenters. The molecule has 1 aromatic carbocycles. The second kappa shape index (κ2) is 4.20. The number of nitrogen functional groups attached to an aromatic ring is 1. The van der Waals surface area contributed by atoms with Crippen LogP contribution in [-0.2, 0) is 6.42 Å². The van der Waals surface area contributed by atoms with Gasteiger partial charge in [-0.05, 0) is 18.1 Å². The fraction of sp³-hybridized carbons (Fsp3) is 0.312. The largest absolute Gasteiger partial charge is 0.390 e. The zero-order valence-corrected chi connectivity index (χ0v) is 12.2. The zero-order valence-electron chi connectivity index (χ0n) is 11.4. The summed E-state index contributed by atoms with van der Waals surface area (Å²) in [6.45, 7) is 5.94. The number of Topliss-reactive ketones (excluding diaryl/α,β-unsaturated/α-hetero) is 1. The molecule has 2 aromatic rings. The van der Waals surface area contributed by atoms with E-state index in [1.54, 1.807) is 11.3 Å². The number of rotatable bonds is 2. The number of carbonyl (C=O) groups is 1. The first kappa shape index (κ1) is 12.4. The highest BCUT2D eigenvalue weighted by molar-refractivity contribution is 7.17. The minimum Gasteiger partial charge on any atom is -0.390 e. The summed E-state index contributed by atoms with van der Waals surface area (Å²) in [4.78, 5) is 13.6. The van der Waals surface area contributed by atoms with Crippen LogP contribution < -0.4 is 5.73 Å². The van der Waals surface area contributed by atoms with Gasteiger partial charge in [0.05, 0.1) is 10.6 Å². The fourth-order valence-electron chi connectivity index (χ4n) is 2.69. The minimum absolute atomic E-state index is 0.0186. The summed E-state index contributed by atoms with van der Waals surface area (Å²) in [6.07, 6.45) is 0.908. The minimum atomic E-state index is -0.0186. The van der Waals surface area contributed by atoms with Gasteiger partial charge in [0.15, 0.2) is 5.78 Å². The topological polar surface area (TPSA) is 43.1 Å². The highest BCUT2D eigenvalue weighted by Crippen LogP contribution is 2.47. The van der Waals surface area contributed by atoms with Crippen molar-refractivity contribution in [1.29, 1.82) is 0 Å². The van der Waals surface area contributed by atoms with E-state index in [-0.39, 0.29) is 11.7 Å². The number of benzene rings is 1. The number of carbonyl (C=O) groups excluding carboxylic acids is 1. The maximum absolute atomic E-state index is 12.4. The lowest BCUT2D eigenvalue weighted by molar-refractivity contribution is 0.0941. The van der Waals surface area contributed by atoms with Crippen LogP contribution in [0.5, 0.6) is 0 Å². The van der Waals surface area contributed by atoms with Crippen molar-refractivity contribution in [3.8, 4) is 11.1 Å². The van der Waals surface area contributed by atoms with E-state index in [4.69, 9.17) is 5.73 Å². The maximum Gasteiger partial charge on any atom is 0.168 e. The highest BCUT2D eigenvalue weighted by atomic mass is 32.1. The molecule has 0 atom stereocenters. The SMILES string of the molecule is Cc1ccc2c(c1)-c1c(sc(N)c1C(=O)C(C)C)C2. The molecule has 0 bridgehead atoms. The second-order valence-electron chi connectivity index (χ2n) is 5.50. The summed E-state index contributed by atoms with van der Waals surface area (Å²) < 4.78 is 0. The third kappa shape index (κ3) is 1.80. The molecule has 0 amide bonds. The number of nitrogens with two attached hydrogens (primary N) is 1. The molecular weight excluding hydrogens is 254 g/mol. The Balaban J connectivity index is 2.25. The monoisotopic (exact) mass is 271 g/mol. The maximum atomic E-state index is 12.4. The van der Waals surface area contributed by atoms with Crippen molar-refractivity contribution in [2.24, 2.45) is 5.92 Å². The molecule has 0 fully saturated rings. The Kier molecular flexibility index (Phi) is 2.75. The smallest absolute Gasteiger partial charge is 0.168 e. The molecule has 1 aliphatic carbocycles. The lowest BCUT2D eigenvalue weighted by Gasteiger charge is -2.08. The van der Waals surface area contributed by atoms with Gasteiger partial charge in [0.2, 0.25) is 0 Å². The Morgan fingerprint density at radius 3 is 2.79 bits per heavy atom. The summed E-state index contributed by atoms with van der Waals surface area (Å²) in [7, 11) is 0. The molecule has 2 N–H and O–H groups in total. The van der Waals surface area contributed by atoms with Gasteiger partial charge in [-0.15, -0.1) is 11.3 Å². The molecule has 0 aliphatic heterocycles. The standard InChI is InChI=1S/C16H17NOS/c1-8(2)15(18)14-13-11-6-9(3)4-5-10(11)7-12(13)19-16(14)17/h4-6,8H,7,17H2,1-3H3. The number of anilines is 1. The van der Waals surface area contributed by atoms with Crippen LogP contribution in [0.15, 0.2) is 18.2 Å². The van der Waals surface area contributed by atoms with Gasteiger partial charge in [0.25, 0.3) is 0 Å². The predicted molar refractivity (Wildman–Crippen MR) is 80.9 cm³/mol. The quantitative estimate of drug-likeness (QED) is 0.715. The number of aryl methyl sites for hydroxylation is 1. The second-order valence-corrected chi connectivity index (χ2v) is 6.63. The van der Waals surface area contributed by atoms with Crippen molar-refractivity contribution in [1.82, 2.24) is 0 Å². The van der Waals surface area contributed by atoms with Gasteiger partial charge >= 0.3 is 0 Å². The van der Waals surface area contributed by atoms with Gasteiger partial charge in [-0.3, -0.25) is 4.79 Å². The molecule has 3 rings (SSSR count). The normalized spacial score (nSPS) is 12.6. The van der Waals surface area contributed by atoms with Gasteiger partial charge in [0.1, 0.15) is 0 Å². The van der Waals surface area contributed by atoms with Gasteiger partial charge in [0, 0.05) is 22.8 Å². The van der Waals surface area contributed by atoms with Crippen molar-refractivity contribution in [2.45, 2.75) is 27.2 Å².